The molecule has 1 saturated carbocycles. The van der Waals surface area contributed by atoms with Crippen LogP contribution in [-0.2, 0) is 14.8 Å². The van der Waals surface area contributed by atoms with Crippen LogP contribution in [-0.4, -0.2) is 46.0 Å². The number of hydrogen-bond acceptors (Lipinski definition) is 4. The van der Waals surface area contributed by atoms with Crippen molar-refractivity contribution < 1.29 is 13.2 Å². The van der Waals surface area contributed by atoms with Gasteiger partial charge in [0.15, 0.2) is 0 Å². The van der Waals surface area contributed by atoms with Gasteiger partial charge in [-0.15, -0.1) is 0 Å². The van der Waals surface area contributed by atoms with E-state index in [0.717, 1.165) is 38.8 Å². The number of sulfonamides is 1. The first-order valence-corrected chi connectivity index (χ1v) is 8.04. The van der Waals surface area contributed by atoms with Crippen molar-refractivity contribution in [2.24, 2.45) is 0 Å². The molecular formula is C11H22N2O3S. The molecule has 6 heteroatoms. The van der Waals surface area contributed by atoms with E-state index in [2.05, 4.69) is 10.0 Å². The smallest absolute Gasteiger partial charge is 0.214 e. The maximum absolute atomic E-state index is 12.0. The van der Waals surface area contributed by atoms with Gasteiger partial charge in [-0.2, -0.15) is 0 Å². The first-order valence-electron chi connectivity index (χ1n) is 6.49. The van der Waals surface area contributed by atoms with E-state index in [0.29, 0.717) is 13.2 Å². The summed E-state index contributed by atoms with van der Waals surface area (Å²) in [7, 11) is -3.14. The van der Waals surface area contributed by atoms with Crippen LogP contribution in [0.3, 0.4) is 0 Å². The molecule has 1 unspecified atom stereocenters. The summed E-state index contributed by atoms with van der Waals surface area (Å²) in [4.78, 5) is 0. The molecule has 0 bridgehead atoms. The molecule has 2 aliphatic rings. The molecule has 0 amide bonds. The van der Waals surface area contributed by atoms with E-state index in [1.807, 2.05) is 0 Å². The number of morpholine rings is 1. The molecule has 0 spiro atoms. The van der Waals surface area contributed by atoms with Gasteiger partial charge in [-0.05, 0) is 12.8 Å². The Kier molecular flexibility index (Phi) is 4.78. The summed E-state index contributed by atoms with van der Waals surface area (Å²) in [5, 5.41) is 3.00. The summed E-state index contributed by atoms with van der Waals surface area (Å²) < 4.78 is 32.3. The minimum absolute atomic E-state index is 0.0258. The topological polar surface area (TPSA) is 67.4 Å². The van der Waals surface area contributed by atoms with Gasteiger partial charge in [0.25, 0.3) is 0 Å². The van der Waals surface area contributed by atoms with Gasteiger partial charge >= 0.3 is 0 Å². The minimum atomic E-state index is -3.14. The van der Waals surface area contributed by atoms with Gasteiger partial charge in [0.1, 0.15) is 0 Å². The lowest BCUT2D eigenvalue weighted by Gasteiger charge is -2.26. The third-order valence-electron chi connectivity index (χ3n) is 3.51. The zero-order chi connectivity index (χ0) is 12.1. The summed E-state index contributed by atoms with van der Waals surface area (Å²) in [5.41, 5.74) is 0. The lowest BCUT2D eigenvalue weighted by atomic mass is 10.0. The second kappa shape index (κ2) is 6.13. The van der Waals surface area contributed by atoms with Crippen molar-refractivity contribution in [1.82, 2.24) is 10.0 Å². The van der Waals surface area contributed by atoms with E-state index in [1.54, 1.807) is 0 Å². The molecule has 0 aromatic heterocycles. The predicted octanol–water partition coefficient (Wildman–Crippen LogP) is 0.227. The third kappa shape index (κ3) is 3.91. The van der Waals surface area contributed by atoms with Gasteiger partial charge in [-0.3, -0.25) is 0 Å². The lowest BCUT2D eigenvalue weighted by Crippen LogP contribution is -2.47. The predicted molar refractivity (Wildman–Crippen MR) is 66.4 cm³/mol. The van der Waals surface area contributed by atoms with Gasteiger partial charge in [0.05, 0.1) is 18.0 Å². The van der Waals surface area contributed by atoms with Gasteiger partial charge in [-0.25, -0.2) is 13.1 Å². The molecule has 0 aromatic carbocycles. The van der Waals surface area contributed by atoms with Crippen LogP contribution in [0.15, 0.2) is 0 Å². The lowest BCUT2D eigenvalue weighted by molar-refractivity contribution is 0.0323. The molecular weight excluding hydrogens is 240 g/mol. The SMILES string of the molecule is O=S(=O)(NCC1CNCCO1)C1CCCCC1. The molecule has 0 radical (unpaired) electrons. The van der Waals surface area contributed by atoms with Crippen molar-refractivity contribution in [1.29, 1.82) is 0 Å². The summed E-state index contributed by atoms with van der Waals surface area (Å²) in [6.07, 6.45) is 4.82. The van der Waals surface area contributed by atoms with Crippen LogP contribution in [0.4, 0.5) is 0 Å². The number of ether oxygens (including phenoxy) is 1. The van der Waals surface area contributed by atoms with Crippen molar-refractivity contribution in [3.05, 3.63) is 0 Å². The Labute approximate surface area is 103 Å². The maximum Gasteiger partial charge on any atom is 0.214 e. The second-order valence-corrected chi connectivity index (χ2v) is 6.90. The van der Waals surface area contributed by atoms with Crippen LogP contribution >= 0.6 is 0 Å². The Morgan fingerprint density at radius 2 is 2.00 bits per heavy atom. The summed E-state index contributed by atoms with van der Waals surface area (Å²) in [5.74, 6) is 0. The Balaban J connectivity index is 1.79. The maximum atomic E-state index is 12.0. The van der Waals surface area contributed by atoms with Crippen LogP contribution in [0, 0.1) is 0 Å². The third-order valence-corrected chi connectivity index (χ3v) is 5.43. The molecule has 0 aromatic rings. The largest absolute Gasteiger partial charge is 0.374 e. The highest BCUT2D eigenvalue weighted by molar-refractivity contribution is 7.90. The number of hydrogen-bond donors (Lipinski definition) is 2. The Morgan fingerprint density at radius 1 is 1.24 bits per heavy atom. The van der Waals surface area contributed by atoms with Gasteiger partial charge in [0, 0.05) is 19.6 Å². The molecule has 1 heterocycles. The van der Waals surface area contributed by atoms with Crippen molar-refractivity contribution >= 4 is 10.0 Å². The minimum Gasteiger partial charge on any atom is -0.374 e. The summed E-state index contributed by atoms with van der Waals surface area (Å²) >= 11 is 0. The van der Waals surface area contributed by atoms with E-state index in [9.17, 15) is 8.42 Å². The highest BCUT2D eigenvalue weighted by Gasteiger charge is 2.27. The van der Waals surface area contributed by atoms with Crippen LogP contribution in [0.1, 0.15) is 32.1 Å². The normalized spacial score (nSPS) is 28.1. The molecule has 1 aliphatic heterocycles. The van der Waals surface area contributed by atoms with Crippen LogP contribution < -0.4 is 10.0 Å². The van der Waals surface area contributed by atoms with E-state index in [4.69, 9.17) is 4.74 Å². The van der Waals surface area contributed by atoms with Gasteiger partial charge in [-0.1, -0.05) is 19.3 Å². The van der Waals surface area contributed by atoms with Gasteiger partial charge in [0.2, 0.25) is 10.0 Å². The Morgan fingerprint density at radius 3 is 2.65 bits per heavy atom. The fourth-order valence-electron chi connectivity index (χ4n) is 2.45. The molecule has 2 fully saturated rings. The molecule has 5 nitrogen and oxygen atoms in total. The fraction of sp³-hybridized carbons (Fsp3) is 1.00. The van der Waals surface area contributed by atoms with Crippen molar-refractivity contribution in [3.8, 4) is 0 Å². The second-order valence-electron chi connectivity index (χ2n) is 4.85. The first-order chi connectivity index (χ1) is 8.18. The first kappa shape index (κ1) is 13.3. The standard InChI is InChI=1S/C11H22N2O3S/c14-17(15,11-4-2-1-3-5-11)13-9-10-8-12-6-7-16-10/h10-13H,1-9H2. The zero-order valence-corrected chi connectivity index (χ0v) is 11.0. The Bertz CT molecular complexity index is 320. The van der Waals surface area contributed by atoms with Crippen molar-refractivity contribution in [2.45, 2.75) is 43.5 Å². The molecule has 2 N–H and O–H groups in total. The van der Waals surface area contributed by atoms with Crippen molar-refractivity contribution in [2.75, 3.05) is 26.2 Å². The van der Waals surface area contributed by atoms with E-state index >= 15 is 0 Å². The molecule has 2 rings (SSSR count). The zero-order valence-electron chi connectivity index (χ0n) is 10.2. The number of nitrogens with one attached hydrogen (secondary N) is 2. The highest BCUT2D eigenvalue weighted by Crippen LogP contribution is 2.22. The summed E-state index contributed by atoms with van der Waals surface area (Å²) in [6.45, 7) is 2.64. The average Bonchev–Trinajstić information content (AvgIpc) is 2.39. The Hall–Kier alpha value is -0.170. The highest BCUT2D eigenvalue weighted by atomic mass is 32.2. The molecule has 100 valence electrons. The van der Waals surface area contributed by atoms with Crippen LogP contribution in [0.25, 0.3) is 0 Å². The van der Waals surface area contributed by atoms with E-state index in [-0.39, 0.29) is 11.4 Å². The van der Waals surface area contributed by atoms with E-state index in [1.165, 1.54) is 6.42 Å². The molecule has 1 saturated heterocycles. The van der Waals surface area contributed by atoms with Crippen molar-refractivity contribution in [3.63, 3.8) is 0 Å². The van der Waals surface area contributed by atoms with Gasteiger partial charge < -0.3 is 10.1 Å². The molecule has 17 heavy (non-hydrogen) atoms. The molecule has 1 atom stereocenters. The molecule has 1 aliphatic carbocycles. The number of rotatable bonds is 4. The average molecular weight is 262 g/mol. The van der Waals surface area contributed by atoms with E-state index < -0.39 is 10.0 Å². The quantitative estimate of drug-likeness (QED) is 0.761. The fourth-order valence-corrected chi connectivity index (χ4v) is 4.06. The monoisotopic (exact) mass is 262 g/mol. The van der Waals surface area contributed by atoms with Crippen LogP contribution in [0.2, 0.25) is 0 Å². The van der Waals surface area contributed by atoms with Crippen LogP contribution in [0.5, 0.6) is 0 Å². The summed E-state index contributed by atoms with van der Waals surface area (Å²) in [6, 6.07) is 0.